The summed E-state index contributed by atoms with van der Waals surface area (Å²) in [6.45, 7) is 8.06. The van der Waals surface area contributed by atoms with Gasteiger partial charge in [0.2, 0.25) is 0 Å². The first kappa shape index (κ1) is 16.6. The molecule has 0 fully saturated rings. The molecule has 0 bridgehead atoms. The van der Waals surface area contributed by atoms with Crippen molar-refractivity contribution in [2.45, 2.75) is 32.7 Å². The van der Waals surface area contributed by atoms with E-state index in [1.807, 2.05) is 0 Å². The largest absolute Gasteiger partial charge is 0.385 e. The Balaban J connectivity index is 3.33. The fourth-order valence-electron chi connectivity index (χ4n) is 1.27. The second-order valence-corrected chi connectivity index (χ2v) is 4.87. The van der Waals surface area contributed by atoms with Gasteiger partial charge < -0.3 is 20.3 Å². The van der Waals surface area contributed by atoms with Gasteiger partial charge in [0.25, 0.3) is 0 Å². The third kappa shape index (κ3) is 10.5. The van der Waals surface area contributed by atoms with Crippen LogP contribution in [0.5, 0.6) is 0 Å². The maximum atomic E-state index is 5.16. The highest BCUT2D eigenvalue weighted by atomic mass is 32.1. The van der Waals surface area contributed by atoms with Crippen LogP contribution in [0, 0.1) is 0 Å². The number of nitrogens with one attached hydrogen (secondary N) is 2. The van der Waals surface area contributed by atoms with E-state index in [1.54, 1.807) is 7.11 Å². The Morgan fingerprint density at radius 2 is 1.82 bits per heavy atom. The van der Waals surface area contributed by atoms with Crippen LogP contribution in [0.4, 0.5) is 0 Å². The topological polar surface area (TPSA) is 36.5 Å². The van der Waals surface area contributed by atoms with Crippen molar-refractivity contribution in [2.75, 3.05) is 40.4 Å². The third-order valence-electron chi connectivity index (χ3n) is 2.67. The number of thiocarbonyl (C=S) groups is 1. The zero-order chi connectivity index (χ0) is 13.1. The van der Waals surface area contributed by atoms with E-state index in [0.29, 0.717) is 6.04 Å². The van der Waals surface area contributed by atoms with E-state index in [4.69, 9.17) is 17.0 Å². The summed E-state index contributed by atoms with van der Waals surface area (Å²) in [6.07, 6.45) is 2.09. The van der Waals surface area contributed by atoms with Gasteiger partial charge in [0.15, 0.2) is 5.11 Å². The molecule has 0 saturated heterocycles. The van der Waals surface area contributed by atoms with E-state index >= 15 is 0 Å². The molecule has 0 amide bonds. The molecule has 0 aliphatic rings. The number of rotatable bonds is 9. The molecular weight excluding hydrogens is 234 g/mol. The summed E-state index contributed by atoms with van der Waals surface area (Å²) in [6, 6.07) is 0.606. The van der Waals surface area contributed by atoms with Gasteiger partial charge in [-0.05, 0) is 52.5 Å². The van der Waals surface area contributed by atoms with E-state index in [1.165, 1.54) is 0 Å². The molecule has 0 spiro atoms. The first-order valence-electron chi connectivity index (χ1n) is 6.28. The molecule has 0 aromatic carbocycles. The van der Waals surface area contributed by atoms with E-state index in [9.17, 15) is 0 Å². The summed E-state index contributed by atoms with van der Waals surface area (Å²) in [5.74, 6) is 0. The third-order valence-corrected chi connectivity index (χ3v) is 2.95. The van der Waals surface area contributed by atoms with Crippen molar-refractivity contribution >= 4 is 17.3 Å². The number of methoxy groups -OCH3 is 1. The fraction of sp³-hybridized carbons (Fsp3) is 0.917. The minimum absolute atomic E-state index is 0.606. The van der Waals surface area contributed by atoms with E-state index in [0.717, 1.165) is 44.2 Å². The molecule has 0 rings (SSSR count). The van der Waals surface area contributed by atoms with Crippen LogP contribution in [0.15, 0.2) is 0 Å². The molecule has 2 N–H and O–H groups in total. The van der Waals surface area contributed by atoms with E-state index in [2.05, 4.69) is 36.4 Å². The average Bonchev–Trinajstić information content (AvgIpc) is 2.29. The highest BCUT2D eigenvalue weighted by Crippen LogP contribution is 1.93. The first-order valence-corrected chi connectivity index (χ1v) is 6.69. The van der Waals surface area contributed by atoms with Crippen LogP contribution in [0.1, 0.15) is 26.7 Å². The van der Waals surface area contributed by atoms with E-state index < -0.39 is 0 Å². The molecule has 0 aliphatic carbocycles. The predicted molar refractivity (Wildman–Crippen MR) is 77.5 cm³/mol. The van der Waals surface area contributed by atoms with Crippen molar-refractivity contribution in [2.24, 2.45) is 0 Å². The summed E-state index contributed by atoms with van der Waals surface area (Å²) in [5, 5.41) is 7.11. The lowest BCUT2D eigenvalue weighted by Gasteiger charge is -2.21. The molecule has 102 valence electrons. The Labute approximate surface area is 111 Å². The Bertz CT molecular complexity index is 200. The SMILES string of the molecule is COCCCNC(=S)NCCCN(C)C(C)C. The zero-order valence-corrected chi connectivity index (χ0v) is 12.4. The Hall–Kier alpha value is -0.390. The number of ether oxygens (including phenoxy) is 1. The maximum Gasteiger partial charge on any atom is 0.166 e. The van der Waals surface area contributed by atoms with Gasteiger partial charge in [-0.25, -0.2) is 0 Å². The highest BCUT2D eigenvalue weighted by Gasteiger charge is 2.02. The zero-order valence-electron chi connectivity index (χ0n) is 11.6. The number of hydrogen-bond acceptors (Lipinski definition) is 3. The van der Waals surface area contributed by atoms with Crippen LogP contribution >= 0.6 is 12.2 Å². The minimum Gasteiger partial charge on any atom is -0.385 e. The van der Waals surface area contributed by atoms with Crippen molar-refractivity contribution < 1.29 is 4.74 Å². The predicted octanol–water partition coefficient (Wildman–Crippen LogP) is 1.22. The van der Waals surface area contributed by atoms with Crippen LogP contribution in [0.3, 0.4) is 0 Å². The maximum absolute atomic E-state index is 5.16. The van der Waals surface area contributed by atoms with Crippen LogP contribution in [0.2, 0.25) is 0 Å². The number of hydrogen-bond donors (Lipinski definition) is 2. The van der Waals surface area contributed by atoms with Crippen LogP contribution in [0.25, 0.3) is 0 Å². The molecule has 0 atom stereocenters. The van der Waals surface area contributed by atoms with Crippen LogP contribution in [-0.2, 0) is 4.74 Å². The second kappa shape index (κ2) is 10.7. The summed E-state index contributed by atoms with van der Waals surface area (Å²) < 4.78 is 4.96. The summed E-state index contributed by atoms with van der Waals surface area (Å²) in [7, 11) is 3.85. The lowest BCUT2D eigenvalue weighted by molar-refractivity contribution is 0.195. The normalized spacial score (nSPS) is 10.9. The van der Waals surface area contributed by atoms with Gasteiger partial charge in [-0.1, -0.05) is 0 Å². The first-order chi connectivity index (χ1) is 8.07. The van der Waals surface area contributed by atoms with E-state index in [-0.39, 0.29) is 0 Å². The van der Waals surface area contributed by atoms with Crippen molar-refractivity contribution in [1.29, 1.82) is 0 Å². The van der Waals surface area contributed by atoms with Gasteiger partial charge in [-0.3, -0.25) is 0 Å². The van der Waals surface area contributed by atoms with Crippen molar-refractivity contribution in [1.82, 2.24) is 15.5 Å². The molecular formula is C12H27N3OS. The Morgan fingerprint density at radius 3 is 2.35 bits per heavy atom. The van der Waals surface area contributed by atoms with Gasteiger partial charge in [-0.2, -0.15) is 0 Å². The molecule has 0 unspecified atom stereocenters. The second-order valence-electron chi connectivity index (χ2n) is 4.46. The molecule has 4 nitrogen and oxygen atoms in total. The van der Waals surface area contributed by atoms with Gasteiger partial charge in [0.05, 0.1) is 0 Å². The molecule has 0 aromatic heterocycles. The monoisotopic (exact) mass is 261 g/mol. The van der Waals surface area contributed by atoms with Crippen molar-refractivity contribution in [3.05, 3.63) is 0 Å². The van der Waals surface area contributed by atoms with Crippen LogP contribution < -0.4 is 10.6 Å². The Morgan fingerprint density at radius 1 is 1.24 bits per heavy atom. The molecule has 0 radical (unpaired) electrons. The molecule has 17 heavy (non-hydrogen) atoms. The lowest BCUT2D eigenvalue weighted by atomic mass is 10.3. The van der Waals surface area contributed by atoms with Gasteiger partial charge in [0, 0.05) is 32.8 Å². The summed E-state index contributed by atoms with van der Waals surface area (Å²) >= 11 is 5.16. The van der Waals surface area contributed by atoms with Crippen molar-refractivity contribution in [3.8, 4) is 0 Å². The molecule has 0 aromatic rings. The standard InChI is InChI=1S/C12H27N3OS/c1-11(2)15(3)9-5-7-13-12(17)14-8-6-10-16-4/h11H,5-10H2,1-4H3,(H2,13,14,17). The Kier molecular flexibility index (Phi) is 10.5. The molecule has 0 saturated carbocycles. The fourth-order valence-corrected chi connectivity index (χ4v) is 1.47. The minimum atomic E-state index is 0.606. The average molecular weight is 261 g/mol. The van der Waals surface area contributed by atoms with Crippen LogP contribution in [-0.4, -0.2) is 56.5 Å². The smallest absolute Gasteiger partial charge is 0.166 e. The molecule has 5 heteroatoms. The number of nitrogens with zero attached hydrogens (tertiary/aromatic N) is 1. The molecule has 0 aliphatic heterocycles. The quantitative estimate of drug-likeness (QED) is 0.482. The van der Waals surface area contributed by atoms with Crippen molar-refractivity contribution in [3.63, 3.8) is 0 Å². The summed E-state index contributed by atoms with van der Waals surface area (Å²) in [4.78, 5) is 2.33. The molecule has 0 heterocycles. The lowest BCUT2D eigenvalue weighted by Crippen LogP contribution is -2.38. The van der Waals surface area contributed by atoms with Gasteiger partial charge in [-0.15, -0.1) is 0 Å². The highest BCUT2D eigenvalue weighted by molar-refractivity contribution is 7.80. The summed E-state index contributed by atoms with van der Waals surface area (Å²) in [5.41, 5.74) is 0. The van der Waals surface area contributed by atoms with Gasteiger partial charge >= 0.3 is 0 Å². The van der Waals surface area contributed by atoms with Gasteiger partial charge in [0.1, 0.15) is 0 Å².